The minimum Gasteiger partial charge on any atom is -0.503 e. The van der Waals surface area contributed by atoms with E-state index in [1.54, 1.807) is 19.1 Å². The third-order valence-electron chi connectivity index (χ3n) is 4.29. The maximum Gasteiger partial charge on any atom is 0.335 e. The third kappa shape index (κ3) is 3.44. The van der Waals surface area contributed by atoms with Gasteiger partial charge in [-0.3, -0.25) is 14.9 Å². The Balaban J connectivity index is 2.09. The van der Waals surface area contributed by atoms with E-state index in [1.165, 1.54) is 25.3 Å². The summed E-state index contributed by atoms with van der Waals surface area (Å²) in [4.78, 5) is 38.6. The van der Waals surface area contributed by atoms with Crippen molar-refractivity contribution >= 4 is 41.2 Å². The highest BCUT2D eigenvalue weighted by atomic mass is 35.5. The third-order valence-corrected chi connectivity index (χ3v) is 4.58. The number of nitrogens with one attached hydrogen (secondary N) is 1. The summed E-state index contributed by atoms with van der Waals surface area (Å²) in [6.07, 6.45) is 1.29. The molecule has 2 aromatic rings. The van der Waals surface area contributed by atoms with E-state index in [0.29, 0.717) is 16.8 Å². The maximum absolute atomic E-state index is 13.0. The molecule has 2 aromatic carbocycles. The molecular formula is C20H17ClN2O5. The predicted octanol–water partition coefficient (Wildman–Crippen LogP) is 3.34. The topological polar surface area (TPSA) is 95.9 Å². The van der Waals surface area contributed by atoms with Gasteiger partial charge in [-0.1, -0.05) is 23.7 Å². The lowest BCUT2D eigenvalue weighted by atomic mass is 10.0. The molecule has 0 saturated carbocycles. The van der Waals surface area contributed by atoms with Crippen molar-refractivity contribution in [1.29, 1.82) is 0 Å². The number of urea groups is 1. The molecule has 1 aliphatic rings. The van der Waals surface area contributed by atoms with E-state index in [0.717, 1.165) is 10.5 Å². The number of carbonyl (C=O) groups is 3. The molecule has 1 heterocycles. The van der Waals surface area contributed by atoms with Gasteiger partial charge < -0.3 is 9.84 Å². The average molecular weight is 401 g/mol. The Kier molecular flexibility index (Phi) is 5.11. The van der Waals surface area contributed by atoms with E-state index < -0.39 is 17.8 Å². The van der Waals surface area contributed by atoms with Crippen LogP contribution in [0.5, 0.6) is 11.5 Å². The summed E-state index contributed by atoms with van der Waals surface area (Å²) in [5.41, 5.74) is 2.07. The first-order valence-electron chi connectivity index (χ1n) is 8.28. The summed E-state index contributed by atoms with van der Waals surface area (Å²) in [6.45, 7) is 3.60. The lowest BCUT2D eigenvalue weighted by Crippen LogP contribution is -2.54. The first-order valence-corrected chi connectivity index (χ1v) is 8.66. The molecule has 3 rings (SSSR count). The summed E-state index contributed by atoms with van der Waals surface area (Å²) < 4.78 is 5.03. The van der Waals surface area contributed by atoms with Crippen molar-refractivity contribution in [3.05, 3.63) is 57.6 Å². The Bertz CT molecular complexity index is 1050. The molecule has 4 amide bonds. The van der Waals surface area contributed by atoms with E-state index in [9.17, 15) is 19.5 Å². The van der Waals surface area contributed by atoms with Crippen LogP contribution in [-0.4, -0.2) is 30.1 Å². The van der Waals surface area contributed by atoms with Gasteiger partial charge in [-0.2, -0.15) is 0 Å². The molecule has 28 heavy (non-hydrogen) atoms. The molecule has 1 saturated heterocycles. The second kappa shape index (κ2) is 7.36. The summed E-state index contributed by atoms with van der Waals surface area (Å²) >= 11 is 5.96. The van der Waals surface area contributed by atoms with Crippen LogP contribution in [0.2, 0.25) is 5.02 Å². The van der Waals surface area contributed by atoms with Crippen molar-refractivity contribution in [3.8, 4) is 11.5 Å². The van der Waals surface area contributed by atoms with Crippen LogP contribution in [-0.2, 0) is 9.59 Å². The first-order chi connectivity index (χ1) is 13.2. The van der Waals surface area contributed by atoms with Gasteiger partial charge in [0.15, 0.2) is 11.5 Å². The van der Waals surface area contributed by atoms with Gasteiger partial charge in [0.25, 0.3) is 11.8 Å². The molecule has 0 spiro atoms. The van der Waals surface area contributed by atoms with Crippen molar-refractivity contribution in [2.24, 2.45) is 0 Å². The monoisotopic (exact) mass is 400 g/mol. The quantitative estimate of drug-likeness (QED) is 0.608. The van der Waals surface area contributed by atoms with Crippen molar-refractivity contribution < 1.29 is 24.2 Å². The van der Waals surface area contributed by atoms with Crippen molar-refractivity contribution in [2.75, 3.05) is 12.0 Å². The number of rotatable bonds is 3. The molecule has 2 N–H and O–H groups in total. The molecule has 0 bridgehead atoms. The highest BCUT2D eigenvalue weighted by molar-refractivity contribution is 6.39. The number of aryl methyl sites for hydroxylation is 2. The van der Waals surface area contributed by atoms with Crippen LogP contribution in [0.1, 0.15) is 16.7 Å². The molecule has 1 aliphatic heterocycles. The number of amides is 4. The Morgan fingerprint density at radius 3 is 2.54 bits per heavy atom. The minimum absolute atomic E-state index is 0.00247. The normalized spacial score (nSPS) is 15.8. The van der Waals surface area contributed by atoms with Crippen molar-refractivity contribution in [1.82, 2.24) is 5.32 Å². The molecule has 0 unspecified atom stereocenters. The lowest BCUT2D eigenvalue weighted by molar-refractivity contribution is -0.122. The number of halogens is 1. The maximum atomic E-state index is 13.0. The zero-order valence-corrected chi connectivity index (χ0v) is 16.1. The first kappa shape index (κ1) is 19.4. The number of anilines is 1. The highest BCUT2D eigenvalue weighted by Crippen LogP contribution is 2.36. The van der Waals surface area contributed by atoms with E-state index in [1.807, 2.05) is 13.0 Å². The molecule has 0 aliphatic carbocycles. The van der Waals surface area contributed by atoms with E-state index >= 15 is 0 Å². The number of imide groups is 2. The Morgan fingerprint density at radius 1 is 1.14 bits per heavy atom. The number of barbiturate groups is 1. The van der Waals surface area contributed by atoms with Crippen LogP contribution < -0.4 is 15.0 Å². The van der Waals surface area contributed by atoms with Gasteiger partial charge in [-0.25, -0.2) is 9.69 Å². The number of hydrogen-bond donors (Lipinski definition) is 2. The summed E-state index contributed by atoms with van der Waals surface area (Å²) in [5, 5.41) is 12.0. The number of ether oxygens (including phenoxy) is 1. The molecule has 144 valence electrons. The standard InChI is InChI=1S/C20H17ClN2O5/c1-10-4-5-11(2)15(6-10)23-19(26)13(18(25)22-20(23)27)7-12-8-14(21)17(24)16(9-12)28-3/h4-9,24H,1-3H3,(H,22,25,27)/b13-7-. The summed E-state index contributed by atoms with van der Waals surface area (Å²) in [7, 11) is 1.35. The van der Waals surface area contributed by atoms with Crippen LogP contribution in [0, 0.1) is 13.8 Å². The molecule has 0 radical (unpaired) electrons. The second-order valence-corrected chi connectivity index (χ2v) is 6.71. The van der Waals surface area contributed by atoms with Gasteiger partial charge in [0.1, 0.15) is 5.57 Å². The number of aromatic hydroxyl groups is 1. The minimum atomic E-state index is -0.820. The fourth-order valence-electron chi connectivity index (χ4n) is 2.84. The number of nitrogens with zero attached hydrogens (tertiary/aromatic N) is 1. The number of carbonyl (C=O) groups excluding carboxylic acids is 3. The fourth-order valence-corrected chi connectivity index (χ4v) is 3.06. The molecular weight excluding hydrogens is 384 g/mol. The number of benzene rings is 2. The van der Waals surface area contributed by atoms with Crippen molar-refractivity contribution in [2.45, 2.75) is 13.8 Å². The number of phenols is 1. The van der Waals surface area contributed by atoms with Crippen LogP contribution >= 0.6 is 11.6 Å². The lowest BCUT2D eigenvalue weighted by Gasteiger charge is -2.27. The summed E-state index contributed by atoms with van der Waals surface area (Å²) in [5.74, 6) is -1.74. The number of methoxy groups -OCH3 is 1. The number of hydrogen-bond acceptors (Lipinski definition) is 5. The van der Waals surface area contributed by atoms with Crippen LogP contribution in [0.15, 0.2) is 35.9 Å². The van der Waals surface area contributed by atoms with E-state index in [2.05, 4.69) is 5.32 Å². The van der Waals surface area contributed by atoms with Crippen molar-refractivity contribution in [3.63, 3.8) is 0 Å². The molecule has 0 atom stereocenters. The SMILES string of the molecule is COc1cc(/C=C2/C(=O)NC(=O)N(c3cc(C)ccc3C)C2=O)cc(Cl)c1O. The zero-order valence-electron chi connectivity index (χ0n) is 15.4. The fraction of sp³-hybridized carbons (Fsp3) is 0.150. The average Bonchev–Trinajstić information content (AvgIpc) is 2.64. The van der Waals surface area contributed by atoms with Gasteiger partial charge >= 0.3 is 6.03 Å². The Labute approximate surface area is 166 Å². The van der Waals surface area contributed by atoms with E-state index in [4.69, 9.17) is 16.3 Å². The van der Waals surface area contributed by atoms with Gasteiger partial charge in [0, 0.05) is 0 Å². The van der Waals surface area contributed by atoms with Crippen LogP contribution in [0.25, 0.3) is 6.08 Å². The van der Waals surface area contributed by atoms with Gasteiger partial charge in [-0.15, -0.1) is 0 Å². The molecule has 8 heteroatoms. The predicted molar refractivity (Wildman–Crippen MR) is 105 cm³/mol. The largest absolute Gasteiger partial charge is 0.503 e. The van der Waals surface area contributed by atoms with Gasteiger partial charge in [0.2, 0.25) is 0 Å². The molecule has 1 fully saturated rings. The van der Waals surface area contributed by atoms with Gasteiger partial charge in [-0.05, 0) is 54.8 Å². The smallest absolute Gasteiger partial charge is 0.335 e. The Morgan fingerprint density at radius 2 is 1.86 bits per heavy atom. The highest BCUT2D eigenvalue weighted by Gasteiger charge is 2.37. The zero-order chi connectivity index (χ0) is 20.6. The van der Waals surface area contributed by atoms with E-state index in [-0.39, 0.29) is 22.1 Å². The van der Waals surface area contributed by atoms with Crippen LogP contribution in [0.3, 0.4) is 0 Å². The number of phenolic OH excluding ortho intramolecular Hbond substituents is 1. The molecule has 7 nitrogen and oxygen atoms in total. The molecule has 0 aromatic heterocycles. The summed E-state index contributed by atoms with van der Waals surface area (Å²) in [6, 6.07) is 7.33. The Hall–Kier alpha value is -3.32. The second-order valence-electron chi connectivity index (χ2n) is 6.30. The van der Waals surface area contributed by atoms with Crippen LogP contribution in [0.4, 0.5) is 10.5 Å². The van der Waals surface area contributed by atoms with Gasteiger partial charge in [0.05, 0.1) is 17.8 Å².